The second-order valence-electron chi connectivity index (χ2n) is 7.15. The second kappa shape index (κ2) is 8.87. The van der Waals surface area contributed by atoms with E-state index in [1.807, 2.05) is 42.5 Å². The van der Waals surface area contributed by atoms with E-state index in [0.29, 0.717) is 12.0 Å². The molecule has 148 valence electrons. The van der Waals surface area contributed by atoms with E-state index in [9.17, 15) is 20.4 Å². The van der Waals surface area contributed by atoms with Crippen molar-refractivity contribution >= 4 is 0 Å². The summed E-state index contributed by atoms with van der Waals surface area (Å²) in [4.78, 5) is 0. The fourth-order valence-electron chi connectivity index (χ4n) is 3.65. The van der Waals surface area contributed by atoms with E-state index in [1.165, 1.54) is 5.56 Å². The number of ether oxygens (including phenoxy) is 1. The molecule has 1 aliphatic heterocycles. The molecule has 4 N–H and O–H groups in total. The Labute approximate surface area is 165 Å². The molecular formula is C23H26O5. The van der Waals surface area contributed by atoms with Gasteiger partial charge in [-0.15, -0.1) is 6.42 Å². The van der Waals surface area contributed by atoms with Crippen molar-refractivity contribution in [1.29, 1.82) is 0 Å². The summed E-state index contributed by atoms with van der Waals surface area (Å²) in [5, 5.41) is 39.9. The molecule has 0 amide bonds. The van der Waals surface area contributed by atoms with Crippen molar-refractivity contribution in [2.75, 3.05) is 6.61 Å². The summed E-state index contributed by atoms with van der Waals surface area (Å²) in [5.41, 5.74) is 4.90. The molecule has 0 radical (unpaired) electrons. The molecule has 0 aliphatic carbocycles. The molecule has 5 atom stereocenters. The monoisotopic (exact) mass is 382 g/mol. The SMILES string of the molecule is C#Cc1ccc(Cc2cc([C@@H]3OC(CO)[C@@H](O)[C@H](O)[C@H]3O)ccc2CC)cc1. The lowest BCUT2D eigenvalue weighted by atomic mass is 9.88. The van der Waals surface area contributed by atoms with Crippen molar-refractivity contribution in [2.45, 2.75) is 50.3 Å². The molecule has 1 saturated heterocycles. The fourth-order valence-corrected chi connectivity index (χ4v) is 3.65. The molecule has 1 unspecified atom stereocenters. The van der Waals surface area contributed by atoms with Gasteiger partial charge in [0, 0.05) is 5.56 Å². The molecule has 0 saturated carbocycles. The average Bonchev–Trinajstić information content (AvgIpc) is 2.73. The van der Waals surface area contributed by atoms with Gasteiger partial charge < -0.3 is 25.2 Å². The van der Waals surface area contributed by atoms with Crippen LogP contribution in [0, 0.1) is 12.3 Å². The van der Waals surface area contributed by atoms with Crippen molar-refractivity contribution in [3.8, 4) is 12.3 Å². The van der Waals surface area contributed by atoms with Gasteiger partial charge in [0.25, 0.3) is 0 Å². The minimum Gasteiger partial charge on any atom is -0.394 e. The van der Waals surface area contributed by atoms with Gasteiger partial charge in [-0.3, -0.25) is 0 Å². The molecule has 1 aliphatic rings. The summed E-state index contributed by atoms with van der Waals surface area (Å²) in [6.45, 7) is 1.64. The summed E-state index contributed by atoms with van der Waals surface area (Å²) in [6.07, 6.45) is 1.18. The van der Waals surface area contributed by atoms with Gasteiger partial charge in [-0.2, -0.15) is 0 Å². The van der Waals surface area contributed by atoms with Crippen molar-refractivity contribution in [2.24, 2.45) is 0 Å². The van der Waals surface area contributed by atoms with Gasteiger partial charge in [0.1, 0.15) is 30.5 Å². The van der Waals surface area contributed by atoms with Crippen LogP contribution in [-0.4, -0.2) is 51.4 Å². The quantitative estimate of drug-likeness (QED) is 0.586. The number of aliphatic hydroxyl groups excluding tert-OH is 4. The fraction of sp³-hybridized carbons (Fsp3) is 0.391. The molecule has 0 aromatic heterocycles. The van der Waals surface area contributed by atoms with E-state index >= 15 is 0 Å². The van der Waals surface area contributed by atoms with Crippen LogP contribution < -0.4 is 0 Å². The zero-order valence-electron chi connectivity index (χ0n) is 15.8. The largest absolute Gasteiger partial charge is 0.394 e. The highest BCUT2D eigenvalue weighted by atomic mass is 16.5. The van der Waals surface area contributed by atoms with Crippen LogP contribution in [0.1, 0.15) is 40.8 Å². The maximum Gasteiger partial charge on any atom is 0.113 e. The Morgan fingerprint density at radius 2 is 1.68 bits per heavy atom. The minimum absolute atomic E-state index is 0.442. The van der Waals surface area contributed by atoms with Crippen molar-refractivity contribution in [3.05, 3.63) is 70.3 Å². The summed E-state index contributed by atoms with van der Waals surface area (Å²) in [7, 11) is 0. The van der Waals surface area contributed by atoms with Gasteiger partial charge in [-0.05, 0) is 47.2 Å². The lowest BCUT2D eigenvalue weighted by Crippen LogP contribution is -2.55. The van der Waals surface area contributed by atoms with E-state index in [2.05, 4.69) is 12.8 Å². The first-order valence-corrected chi connectivity index (χ1v) is 9.46. The van der Waals surface area contributed by atoms with Gasteiger partial charge in [-0.1, -0.05) is 43.2 Å². The number of aryl methyl sites for hydroxylation is 1. The maximum absolute atomic E-state index is 10.4. The van der Waals surface area contributed by atoms with Crippen LogP contribution in [-0.2, 0) is 17.6 Å². The number of rotatable bonds is 5. The lowest BCUT2D eigenvalue weighted by Gasteiger charge is -2.40. The van der Waals surface area contributed by atoms with Crippen molar-refractivity contribution in [1.82, 2.24) is 0 Å². The molecule has 3 rings (SSSR count). The summed E-state index contributed by atoms with van der Waals surface area (Å²) < 4.78 is 5.69. The topological polar surface area (TPSA) is 90.2 Å². The van der Waals surface area contributed by atoms with Crippen LogP contribution in [0.2, 0.25) is 0 Å². The van der Waals surface area contributed by atoms with Crippen LogP contribution in [0.15, 0.2) is 42.5 Å². The molecule has 28 heavy (non-hydrogen) atoms. The van der Waals surface area contributed by atoms with E-state index < -0.39 is 37.1 Å². The lowest BCUT2D eigenvalue weighted by molar-refractivity contribution is -0.231. The number of terminal acetylenes is 1. The van der Waals surface area contributed by atoms with Gasteiger partial charge >= 0.3 is 0 Å². The highest BCUT2D eigenvalue weighted by molar-refractivity contribution is 5.40. The third-order valence-electron chi connectivity index (χ3n) is 5.35. The Morgan fingerprint density at radius 3 is 2.29 bits per heavy atom. The van der Waals surface area contributed by atoms with Gasteiger partial charge in [0.2, 0.25) is 0 Å². The number of hydrogen-bond donors (Lipinski definition) is 4. The molecule has 5 heteroatoms. The average molecular weight is 382 g/mol. The normalized spacial score (nSPS) is 27.4. The first-order valence-electron chi connectivity index (χ1n) is 9.46. The summed E-state index contributed by atoms with van der Waals surface area (Å²) in [5.74, 6) is 2.61. The van der Waals surface area contributed by atoms with E-state index in [-0.39, 0.29) is 0 Å². The molecule has 1 fully saturated rings. The second-order valence-corrected chi connectivity index (χ2v) is 7.15. The Hall–Kier alpha value is -2.20. The Bertz CT molecular complexity index is 837. The Morgan fingerprint density at radius 1 is 0.964 bits per heavy atom. The van der Waals surface area contributed by atoms with Crippen LogP contribution in [0.5, 0.6) is 0 Å². The van der Waals surface area contributed by atoms with E-state index in [4.69, 9.17) is 11.2 Å². The summed E-state index contributed by atoms with van der Waals surface area (Å²) >= 11 is 0. The van der Waals surface area contributed by atoms with Crippen LogP contribution in [0.3, 0.4) is 0 Å². The molecule has 5 nitrogen and oxygen atoms in total. The van der Waals surface area contributed by atoms with E-state index in [1.54, 1.807) is 0 Å². The smallest absolute Gasteiger partial charge is 0.113 e. The maximum atomic E-state index is 10.4. The van der Waals surface area contributed by atoms with Gasteiger partial charge in [0.05, 0.1) is 6.61 Å². The van der Waals surface area contributed by atoms with Gasteiger partial charge in [0.15, 0.2) is 0 Å². The Kier molecular flexibility index (Phi) is 6.50. The third kappa shape index (κ3) is 4.12. The third-order valence-corrected chi connectivity index (χ3v) is 5.35. The zero-order chi connectivity index (χ0) is 20.3. The number of benzene rings is 2. The standard InChI is InChI=1S/C23H26O5/c1-3-14-5-7-15(8-6-14)11-18-12-17(10-9-16(18)4-2)23-22(27)21(26)20(25)19(13-24)28-23/h1,5-10,12,19-27H,4,11,13H2,2H3/t19?,20-,21+,22-,23+/m1/s1. The highest BCUT2D eigenvalue weighted by Crippen LogP contribution is 2.33. The Balaban J connectivity index is 1.90. The van der Waals surface area contributed by atoms with Crippen molar-refractivity contribution < 1.29 is 25.2 Å². The van der Waals surface area contributed by atoms with Crippen LogP contribution >= 0.6 is 0 Å². The molecule has 0 spiro atoms. The predicted molar refractivity (Wildman–Crippen MR) is 106 cm³/mol. The zero-order valence-corrected chi connectivity index (χ0v) is 15.8. The van der Waals surface area contributed by atoms with Crippen LogP contribution in [0.25, 0.3) is 0 Å². The van der Waals surface area contributed by atoms with Crippen molar-refractivity contribution in [3.63, 3.8) is 0 Å². The molecule has 2 aromatic carbocycles. The number of aliphatic hydroxyl groups is 4. The highest BCUT2D eigenvalue weighted by Gasteiger charge is 2.43. The van der Waals surface area contributed by atoms with Crippen LogP contribution in [0.4, 0.5) is 0 Å². The first kappa shape index (κ1) is 20.5. The minimum atomic E-state index is -1.39. The summed E-state index contributed by atoms with van der Waals surface area (Å²) in [6, 6.07) is 13.6. The first-order chi connectivity index (χ1) is 13.5. The van der Waals surface area contributed by atoms with Gasteiger partial charge in [-0.25, -0.2) is 0 Å². The molecule has 1 heterocycles. The predicted octanol–water partition coefficient (Wildman–Crippen LogP) is 1.34. The van der Waals surface area contributed by atoms with E-state index in [0.717, 1.165) is 23.1 Å². The molecular weight excluding hydrogens is 356 g/mol. The number of hydrogen-bond acceptors (Lipinski definition) is 5. The molecule has 0 bridgehead atoms. The molecule has 2 aromatic rings.